The number of aryl methyl sites for hydroxylation is 2. The van der Waals surface area contributed by atoms with Crippen LogP contribution in [0.4, 0.5) is 11.4 Å². The number of nitrogens with two attached hydrogens (primary N) is 2. The molecule has 0 aliphatic carbocycles. The van der Waals surface area contributed by atoms with Crippen molar-refractivity contribution < 1.29 is 0 Å². The standard InChI is InChI=1S/C15H18N2S/c1-10-3-4-11(2)15(14(10)17)18-9-12-5-7-13(16)8-6-12/h3-8H,9,16-17H2,1-2H3. The largest absolute Gasteiger partial charge is 0.399 e. The van der Waals surface area contributed by atoms with E-state index in [1.54, 1.807) is 11.8 Å². The molecule has 0 aliphatic heterocycles. The minimum Gasteiger partial charge on any atom is -0.399 e. The Hall–Kier alpha value is -1.61. The van der Waals surface area contributed by atoms with E-state index in [9.17, 15) is 0 Å². The highest BCUT2D eigenvalue weighted by molar-refractivity contribution is 7.98. The summed E-state index contributed by atoms with van der Waals surface area (Å²) in [5.74, 6) is 0.911. The first-order chi connectivity index (χ1) is 8.58. The van der Waals surface area contributed by atoms with Crippen molar-refractivity contribution >= 4 is 23.1 Å². The Morgan fingerprint density at radius 1 is 0.889 bits per heavy atom. The van der Waals surface area contributed by atoms with Crippen LogP contribution in [-0.4, -0.2) is 0 Å². The number of thioether (sulfide) groups is 1. The summed E-state index contributed by atoms with van der Waals surface area (Å²) in [6.07, 6.45) is 0. The summed E-state index contributed by atoms with van der Waals surface area (Å²) in [4.78, 5) is 1.19. The van der Waals surface area contributed by atoms with Gasteiger partial charge in [-0.1, -0.05) is 24.3 Å². The van der Waals surface area contributed by atoms with Crippen LogP contribution in [0, 0.1) is 13.8 Å². The normalized spacial score (nSPS) is 10.6. The first-order valence-corrected chi connectivity index (χ1v) is 6.89. The lowest BCUT2D eigenvalue weighted by molar-refractivity contribution is 1.26. The summed E-state index contributed by atoms with van der Waals surface area (Å²) < 4.78 is 0. The van der Waals surface area contributed by atoms with Crippen LogP contribution in [0.15, 0.2) is 41.3 Å². The number of benzene rings is 2. The van der Waals surface area contributed by atoms with Gasteiger partial charge in [-0.05, 0) is 42.7 Å². The molecule has 0 radical (unpaired) electrons. The lowest BCUT2D eigenvalue weighted by atomic mass is 10.1. The molecular formula is C15H18N2S. The number of hydrogen-bond acceptors (Lipinski definition) is 3. The lowest BCUT2D eigenvalue weighted by Crippen LogP contribution is -1.95. The molecule has 0 amide bonds. The van der Waals surface area contributed by atoms with E-state index in [-0.39, 0.29) is 0 Å². The molecule has 18 heavy (non-hydrogen) atoms. The smallest absolute Gasteiger partial charge is 0.0484 e. The molecular weight excluding hydrogens is 240 g/mol. The lowest BCUT2D eigenvalue weighted by Gasteiger charge is -2.11. The molecule has 0 saturated heterocycles. The maximum atomic E-state index is 6.13. The monoisotopic (exact) mass is 258 g/mol. The van der Waals surface area contributed by atoms with Crippen molar-refractivity contribution in [3.05, 3.63) is 53.1 Å². The predicted molar refractivity (Wildman–Crippen MR) is 80.7 cm³/mol. The second-order valence-electron chi connectivity index (χ2n) is 4.47. The van der Waals surface area contributed by atoms with Crippen molar-refractivity contribution in [3.8, 4) is 0 Å². The van der Waals surface area contributed by atoms with Crippen LogP contribution in [0.2, 0.25) is 0 Å². The van der Waals surface area contributed by atoms with Gasteiger partial charge in [-0.2, -0.15) is 0 Å². The van der Waals surface area contributed by atoms with Crippen LogP contribution in [-0.2, 0) is 5.75 Å². The molecule has 0 unspecified atom stereocenters. The van der Waals surface area contributed by atoms with Gasteiger partial charge < -0.3 is 11.5 Å². The third-order valence-corrected chi connectivity index (χ3v) is 4.28. The molecule has 94 valence electrons. The zero-order valence-electron chi connectivity index (χ0n) is 10.7. The minimum atomic E-state index is 0.801. The number of nitrogen functional groups attached to an aromatic ring is 2. The van der Waals surface area contributed by atoms with Crippen LogP contribution >= 0.6 is 11.8 Å². The molecule has 0 fully saturated rings. The van der Waals surface area contributed by atoms with Crippen LogP contribution < -0.4 is 11.5 Å². The van der Waals surface area contributed by atoms with Crippen LogP contribution in [0.25, 0.3) is 0 Å². The van der Waals surface area contributed by atoms with Crippen LogP contribution in [0.1, 0.15) is 16.7 Å². The average Bonchev–Trinajstić information content (AvgIpc) is 2.36. The van der Waals surface area contributed by atoms with Gasteiger partial charge in [-0.25, -0.2) is 0 Å². The maximum Gasteiger partial charge on any atom is 0.0484 e. The van der Waals surface area contributed by atoms with Crippen molar-refractivity contribution in [1.29, 1.82) is 0 Å². The quantitative estimate of drug-likeness (QED) is 0.651. The summed E-state index contributed by atoms with van der Waals surface area (Å²) in [7, 11) is 0. The van der Waals surface area contributed by atoms with Crippen molar-refractivity contribution in [2.45, 2.75) is 24.5 Å². The van der Waals surface area contributed by atoms with Gasteiger partial charge in [0, 0.05) is 22.0 Å². The minimum absolute atomic E-state index is 0.801. The van der Waals surface area contributed by atoms with Gasteiger partial charge in [0.05, 0.1) is 0 Å². The Labute approximate surface area is 112 Å². The molecule has 2 rings (SSSR count). The van der Waals surface area contributed by atoms with Gasteiger partial charge in [0.15, 0.2) is 0 Å². The third kappa shape index (κ3) is 2.79. The molecule has 0 atom stereocenters. The third-order valence-electron chi connectivity index (χ3n) is 2.97. The molecule has 2 aromatic rings. The van der Waals surface area contributed by atoms with E-state index in [1.807, 2.05) is 19.1 Å². The van der Waals surface area contributed by atoms with E-state index >= 15 is 0 Å². The summed E-state index contributed by atoms with van der Waals surface area (Å²) >= 11 is 1.78. The highest BCUT2D eigenvalue weighted by Crippen LogP contribution is 2.33. The second kappa shape index (κ2) is 5.36. The fraction of sp³-hybridized carbons (Fsp3) is 0.200. The van der Waals surface area contributed by atoms with E-state index in [0.29, 0.717) is 0 Å². The second-order valence-corrected chi connectivity index (χ2v) is 5.46. The van der Waals surface area contributed by atoms with Gasteiger partial charge in [0.25, 0.3) is 0 Å². The molecule has 0 spiro atoms. The Morgan fingerprint density at radius 2 is 1.50 bits per heavy atom. The molecule has 0 aromatic heterocycles. The first-order valence-electron chi connectivity index (χ1n) is 5.91. The fourth-order valence-corrected chi connectivity index (χ4v) is 2.88. The highest BCUT2D eigenvalue weighted by Gasteiger charge is 2.06. The van der Waals surface area contributed by atoms with E-state index in [1.165, 1.54) is 16.0 Å². The number of rotatable bonds is 3. The van der Waals surface area contributed by atoms with Gasteiger partial charge in [0.1, 0.15) is 0 Å². The zero-order valence-corrected chi connectivity index (χ0v) is 11.6. The molecule has 0 heterocycles. The van der Waals surface area contributed by atoms with Crippen molar-refractivity contribution in [2.75, 3.05) is 11.5 Å². The molecule has 0 aliphatic rings. The topological polar surface area (TPSA) is 52.0 Å². The van der Waals surface area contributed by atoms with Crippen molar-refractivity contribution in [2.24, 2.45) is 0 Å². The van der Waals surface area contributed by atoms with Crippen molar-refractivity contribution in [3.63, 3.8) is 0 Å². The fourth-order valence-electron chi connectivity index (χ4n) is 1.77. The summed E-state index contributed by atoms with van der Waals surface area (Å²) in [5.41, 5.74) is 17.1. The van der Waals surface area contributed by atoms with Crippen LogP contribution in [0.3, 0.4) is 0 Å². The molecule has 4 N–H and O–H groups in total. The Morgan fingerprint density at radius 3 is 2.17 bits per heavy atom. The average molecular weight is 258 g/mol. The van der Waals surface area contributed by atoms with Crippen molar-refractivity contribution in [1.82, 2.24) is 0 Å². The van der Waals surface area contributed by atoms with Crippen LogP contribution in [0.5, 0.6) is 0 Å². The van der Waals surface area contributed by atoms with E-state index < -0.39 is 0 Å². The molecule has 0 bridgehead atoms. The van der Waals surface area contributed by atoms with E-state index in [0.717, 1.165) is 22.7 Å². The summed E-state index contributed by atoms with van der Waals surface area (Å²) in [5, 5.41) is 0. The van der Waals surface area contributed by atoms with Gasteiger partial charge in [-0.3, -0.25) is 0 Å². The molecule has 2 nitrogen and oxygen atoms in total. The maximum absolute atomic E-state index is 6.13. The zero-order chi connectivity index (χ0) is 13.1. The Balaban J connectivity index is 2.15. The Kier molecular flexibility index (Phi) is 3.82. The SMILES string of the molecule is Cc1ccc(C)c(SCc2ccc(N)cc2)c1N. The molecule has 3 heteroatoms. The van der Waals surface area contributed by atoms with Gasteiger partial charge >= 0.3 is 0 Å². The number of hydrogen-bond donors (Lipinski definition) is 2. The van der Waals surface area contributed by atoms with Gasteiger partial charge in [0.2, 0.25) is 0 Å². The first kappa shape index (κ1) is 12.8. The molecule has 0 saturated carbocycles. The Bertz CT molecular complexity index is 547. The van der Waals surface area contributed by atoms with E-state index in [4.69, 9.17) is 11.5 Å². The molecule has 2 aromatic carbocycles. The van der Waals surface area contributed by atoms with E-state index in [2.05, 4.69) is 31.2 Å². The predicted octanol–water partition coefficient (Wildman–Crippen LogP) is 3.76. The highest BCUT2D eigenvalue weighted by atomic mass is 32.2. The van der Waals surface area contributed by atoms with Gasteiger partial charge in [-0.15, -0.1) is 11.8 Å². The summed E-state index contributed by atoms with van der Waals surface area (Å²) in [6.45, 7) is 4.14. The summed E-state index contributed by atoms with van der Waals surface area (Å²) in [6, 6.07) is 12.2. The number of anilines is 2.